The van der Waals surface area contributed by atoms with Crippen molar-refractivity contribution in [1.29, 1.82) is 0 Å². The van der Waals surface area contributed by atoms with Crippen LogP contribution in [0, 0.1) is 5.82 Å². The first-order chi connectivity index (χ1) is 9.25. The minimum Gasteiger partial charge on any atom is -0.305 e. The second-order valence-electron chi connectivity index (χ2n) is 4.42. The first kappa shape index (κ1) is 13.6. The van der Waals surface area contributed by atoms with Gasteiger partial charge in [-0.3, -0.25) is 0 Å². The maximum Gasteiger partial charge on any atom is 0.137 e. The molecule has 1 aromatic carbocycles. The molecular formula is C14H13BrFNS2. The molecule has 1 aromatic heterocycles. The number of nitrogens with one attached hydrogen (secondary N) is 1. The summed E-state index contributed by atoms with van der Waals surface area (Å²) in [5.74, 6) is 0.878. The summed E-state index contributed by atoms with van der Waals surface area (Å²) in [6.07, 6.45) is 1.05. The van der Waals surface area contributed by atoms with E-state index in [2.05, 4.69) is 32.7 Å². The van der Waals surface area contributed by atoms with Gasteiger partial charge in [0.2, 0.25) is 0 Å². The summed E-state index contributed by atoms with van der Waals surface area (Å²) >= 11 is 6.90. The number of benzene rings is 1. The summed E-state index contributed by atoms with van der Waals surface area (Å²) in [5.41, 5.74) is 1.10. The number of thiophene rings is 1. The highest BCUT2D eigenvalue weighted by Crippen LogP contribution is 2.38. The van der Waals surface area contributed by atoms with E-state index in [4.69, 9.17) is 0 Å². The van der Waals surface area contributed by atoms with Crippen molar-refractivity contribution in [2.75, 3.05) is 5.75 Å². The average molecular weight is 358 g/mol. The summed E-state index contributed by atoms with van der Waals surface area (Å²) in [6, 6.07) is 7.69. The fourth-order valence-corrected chi connectivity index (χ4v) is 4.85. The molecule has 0 fully saturated rings. The maximum atomic E-state index is 13.8. The quantitative estimate of drug-likeness (QED) is 0.831. The highest BCUT2D eigenvalue weighted by atomic mass is 79.9. The van der Waals surface area contributed by atoms with Gasteiger partial charge < -0.3 is 5.32 Å². The van der Waals surface area contributed by atoms with E-state index in [1.165, 1.54) is 4.88 Å². The fraction of sp³-hybridized carbons (Fsp3) is 0.286. The molecule has 1 atom stereocenters. The van der Waals surface area contributed by atoms with Gasteiger partial charge in [-0.15, -0.1) is 23.1 Å². The van der Waals surface area contributed by atoms with Gasteiger partial charge in [0.15, 0.2) is 0 Å². The van der Waals surface area contributed by atoms with E-state index in [0.29, 0.717) is 0 Å². The predicted octanol–water partition coefficient (Wildman–Crippen LogP) is 4.98. The molecule has 19 heavy (non-hydrogen) atoms. The lowest BCUT2D eigenvalue weighted by atomic mass is 10.0. The smallest absolute Gasteiger partial charge is 0.137 e. The summed E-state index contributed by atoms with van der Waals surface area (Å²) < 4.78 is 14.9. The first-order valence-corrected chi connectivity index (χ1v) is 8.78. The van der Waals surface area contributed by atoms with E-state index < -0.39 is 0 Å². The highest BCUT2D eigenvalue weighted by Gasteiger charge is 2.22. The van der Waals surface area contributed by atoms with Gasteiger partial charge >= 0.3 is 0 Å². The molecule has 0 amide bonds. The monoisotopic (exact) mass is 357 g/mol. The molecule has 1 aliphatic heterocycles. The fourth-order valence-electron chi connectivity index (χ4n) is 2.27. The molecule has 0 radical (unpaired) electrons. The molecule has 0 saturated carbocycles. The Morgan fingerprint density at radius 1 is 1.37 bits per heavy atom. The standard InChI is InChI=1S/C14H13BrFNS2/c15-10-4-6-18-13(10)8-17-12-5-7-19-14-9(12)2-1-3-11(14)16/h1-4,6,12,17H,5,7-8H2. The van der Waals surface area contributed by atoms with Gasteiger partial charge in [-0.1, -0.05) is 12.1 Å². The van der Waals surface area contributed by atoms with Crippen molar-refractivity contribution in [3.05, 3.63) is 50.4 Å². The summed E-state index contributed by atoms with van der Waals surface area (Å²) in [6.45, 7) is 0.823. The summed E-state index contributed by atoms with van der Waals surface area (Å²) in [4.78, 5) is 2.10. The van der Waals surface area contributed by atoms with Crippen LogP contribution in [-0.2, 0) is 6.54 Å². The van der Waals surface area contributed by atoms with Gasteiger partial charge in [0.25, 0.3) is 0 Å². The van der Waals surface area contributed by atoms with Crippen LogP contribution in [0.5, 0.6) is 0 Å². The third-order valence-electron chi connectivity index (χ3n) is 3.23. The van der Waals surface area contributed by atoms with Gasteiger partial charge in [0.05, 0.1) is 0 Å². The van der Waals surface area contributed by atoms with Gasteiger partial charge in [0.1, 0.15) is 5.82 Å². The predicted molar refractivity (Wildman–Crippen MR) is 83.3 cm³/mol. The Labute approximate surface area is 128 Å². The lowest BCUT2D eigenvalue weighted by Gasteiger charge is -2.26. The third-order valence-corrected chi connectivity index (χ3v) is 6.31. The Hall–Kier alpha value is -0.360. The molecule has 100 valence electrons. The molecule has 0 saturated heterocycles. The Morgan fingerprint density at radius 2 is 2.26 bits per heavy atom. The lowest BCUT2D eigenvalue weighted by Crippen LogP contribution is -2.24. The zero-order valence-electron chi connectivity index (χ0n) is 10.2. The van der Waals surface area contributed by atoms with E-state index in [0.717, 1.165) is 33.7 Å². The van der Waals surface area contributed by atoms with Crippen LogP contribution < -0.4 is 5.32 Å². The molecule has 1 nitrogen and oxygen atoms in total. The van der Waals surface area contributed by atoms with E-state index in [9.17, 15) is 4.39 Å². The number of fused-ring (bicyclic) bond motifs is 1. The lowest BCUT2D eigenvalue weighted by molar-refractivity contribution is 0.498. The van der Waals surface area contributed by atoms with Crippen LogP contribution in [0.15, 0.2) is 39.0 Å². The van der Waals surface area contributed by atoms with Gasteiger partial charge in [-0.2, -0.15) is 0 Å². The zero-order chi connectivity index (χ0) is 13.2. The van der Waals surface area contributed by atoms with E-state index in [-0.39, 0.29) is 11.9 Å². The first-order valence-electron chi connectivity index (χ1n) is 6.12. The van der Waals surface area contributed by atoms with Gasteiger partial charge in [-0.25, -0.2) is 4.39 Å². The third kappa shape index (κ3) is 2.89. The normalized spacial score (nSPS) is 18.3. The molecule has 2 heterocycles. The molecule has 0 spiro atoms. The van der Waals surface area contributed by atoms with Crippen LogP contribution in [0.4, 0.5) is 4.39 Å². The van der Waals surface area contributed by atoms with Crippen molar-refractivity contribution in [3.8, 4) is 0 Å². The number of rotatable bonds is 3. The van der Waals surface area contributed by atoms with Crippen LogP contribution in [0.1, 0.15) is 22.9 Å². The molecule has 5 heteroatoms. The summed E-state index contributed by atoms with van der Waals surface area (Å²) in [7, 11) is 0. The van der Waals surface area contributed by atoms with Crippen LogP contribution in [0.2, 0.25) is 0 Å². The minimum atomic E-state index is -0.0914. The molecule has 3 rings (SSSR count). The second kappa shape index (κ2) is 5.95. The number of hydrogen-bond donors (Lipinski definition) is 1. The van der Waals surface area contributed by atoms with Crippen molar-refractivity contribution in [3.63, 3.8) is 0 Å². The van der Waals surface area contributed by atoms with Crippen molar-refractivity contribution in [2.45, 2.75) is 23.9 Å². The highest BCUT2D eigenvalue weighted by molar-refractivity contribution is 9.10. The Balaban J connectivity index is 1.77. The molecule has 1 aliphatic rings. The van der Waals surface area contributed by atoms with Crippen molar-refractivity contribution in [1.82, 2.24) is 5.32 Å². The Bertz CT molecular complexity index is 585. The largest absolute Gasteiger partial charge is 0.305 e. The minimum absolute atomic E-state index is 0.0914. The van der Waals surface area contributed by atoms with Gasteiger partial charge in [-0.05, 0) is 51.2 Å². The molecular weight excluding hydrogens is 345 g/mol. The van der Waals surface area contributed by atoms with Gasteiger partial charge in [0, 0.05) is 26.8 Å². The average Bonchev–Trinajstić information content (AvgIpc) is 2.82. The number of thioether (sulfide) groups is 1. The topological polar surface area (TPSA) is 12.0 Å². The van der Waals surface area contributed by atoms with Crippen LogP contribution in [0.25, 0.3) is 0 Å². The van der Waals surface area contributed by atoms with Crippen molar-refractivity contribution < 1.29 is 4.39 Å². The Morgan fingerprint density at radius 3 is 3.05 bits per heavy atom. The summed E-state index contributed by atoms with van der Waals surface area (Å²) in [5, 5.41) is 5.62. The van der Waals surface area contributed by atoms with E-state index in [1.807, 2.05) is 6.07 Å². The SMILES string of the molecule is Fc1cccc2c1SCCC2NCc1sccc1Br. The molecule has 1 N–H and O–H groups in total. The van der Waals surface area contributed by atoms with Crippen molar-refractivity contribution >= 4 is 39.0 Å². The second-order valence-corrected chi connectivity index (χ2v) is 7.38. The maximum absolute atomic E-state index is 13.8. The molecule has 2 aromatic rings. The molecule has 0 bridgehead atoms. The molecule has 1 unspecified atom stereocenters. The van der Waals surface area contributed by atoms with Crippen LogP contribution in [0.3, 0.4) is 0 Å². The zero-order valence-corrected chi connectivity index (χ0v) is 13.4. The van der Waals surface area contributed by atoms with Crippen LogP contribution in [-0.4, -0.2) is 5.75 Å². The van der Waals surface area contributed by atoms with E-state index in [1.54, 1.807) is 35.2 Å². The van der Waals surface area contributed by atoms with Crippen LogP contribution >= 0.6 is 39.0 Å². The van der Waals surface area contributed by atoms with E-state index >= 15 is 0 Å². The Kier molecular flexibility index (Phi) is 4.27. The number of hydrogen-bond acceptors (Lipinski definition) is 3. The molecule has 0 aliphatic carbocycles. The number of halogens is 2. The van der Waals surface area contributed by atoms with Crippen molar-refractivity contribution in [2.24, 2.45) is 0 Å².